The number of aliphatic hydroxyl groups is 1. The van der Waals surface area contributed by atoms with E-state index in [9.17, 15) is 9.90 Å². The van der Waals surface area contributed by atoms with Gasteiger partial charge in [-0.2, -0.15) is 0 Å². The van der Waals surface area contributed by atoms with Crippen molar-refractivity contribution in [3.63, 3.8) is 0 Å². The van der Waals surface area contributed by atoms with Gasteiger partial charge in [0.1, 0.15) is 5.76 Å². The van der Waals surface area contributed by atoms with Crippen molar-refractivity contribution in [3.05, 3.63) is 53.2 Å². The molecular formula is C21H26N2O3. The van der Waals surface area contributed by atoms with E-state index < -0.39 is 5.60 Å². The molecule has 26 heavy (non-hydrogen) atoms. The van der Waals surface area contributed by atoms with Crippen LogP contribution in [0.3, 0.4) is 0 Å². The molecular weight excluding hydrogens is 328 g/mol. The highest BCUT2D eigenvalue weighted by Crippen LogP contribution is 2.47. The molecule has 1 aromatic heterocycles. The Bertz CT molecular complexity index is 801. The van der Waals surface area contributed by atoms with Crippen LogP contribution in [0, 0.1) is 19.8 Å². The third-order valence-electron chi connectivity index (χ3n) is 6.12. The number of carbonyl (C=O) groups excluding carboxylic acids is 1. The zero-order valence-electron chi connectivity index (χ0n) is 15.4. The molecule has 1 saturated carbocycles. The molecule has 3 atom stereocenters. The number of carbonyl (C=O) groups is 1. The van der Waals surface area contributed by atoms with Crippen molar-refractivity contribution in [2.75, 3.05) is 6.54 Å². The van der Waals surface area contributed by atoms with E-state index in [-0.39, 0.29) is 17.9 Å². The first-order valence-corrected chi connectivity index (χ1v) is 9.53. The van der Waals surface area contributed by atoms with Crippen LogP contribution >= 0.6 is 0 Å². The molecule has 1 amide bonds. The molecule has 4 rings (SSSR count). The maximum absolute atomic E-state index is 13.2. The van der Waals surface area contributed by atoms with Crippen LogP contribution in [0.5, 0.6) is 0 Å². The molecule has 2 heterocycles. The molecule has 0 unspecified atom stereocenters. The monoisotopic (exact) mass is 354 g/mol. The molecule has 2 fully saturated rings. The van der Waals surface area contributed by atoms with Crippen LogP contribution in [0.4, 0.5) is 0 Å². The summed E-state index contributed by atoms with van der Waals surface area (Å²) in [5.74, 6) is 1.09. The van der Waals surface area contributed by atoms with E-state index in [4.69, 9.17) is 4.42 Å². The van der Waals surface area contributed by atoms with Gasteiger partial charge in [0.2, 0.25) is 0 Å². The zero-order valence-corrected chi connectivity index (χ0v) is 15.4. The van der Waals surface area contributed by atoms with Gasteiger partial charge >= 0.3 is 0 Å². The van der Waals surface area contributed by atoms with Gasteiger partial charge in [-0.05, 0) is 31.7 Å². The molecule has 1 aromatic carbocycles. The number of fused-ring (bicyclic) bond motifs is 1. The van der Waals surface area contributed by atoms with Crippen LogP contribution in [0.1, 0.15) is 59.8 Å². The van der Waals surface area contributed by atoms with E-state index in [1.807, 2.05) is 35.2 Å². The lowest BCUT2D eigenvalue weighted by molar-refractivity contribution is -0.110. The Morgan fingerprint density at radius 2 is 1.96 bits per heavy atom. The topological polar surface area (TPSA) is 66.6 Å². The molecule has 0 radical (unpaired) electrons. The maximum Gasteiger partial charge on any atom is 0.276 e. The Morgan fingerprint density at radius 3 is 2.65 bits per heavy atom. The van der Waals surface area contributed by atoms with E-state index in [1.54, 1.807) is 13.8 Å². The molecule has 0 spiro atoms. The molecule has 1 N–H and O–H groups in total. The fourth-order valence-corrected chi connectivity index (χ4v) is 4.88. The largest absolute Gasteiger partial charge is 0.445 e. The lowest BCUT2D eigenvalue weighted by Crippen LogP contribution is -2.59. The highest BCUT2D eigenvalue weighted by Gasteiger charge is 2.50. The summed E-state index contributed by atoms with van der Waals surface area (Å²) in [7, 11) is 0. The van der Waals surface area contributed by atoms with Crippen LogP contribution in [0.25, 0.3) is 0 Å². The number of hydrogen-bond donors (Lipinski definition) is 1. The summed E-state index contributed by atoms with van der Waals surface area (Å²) in [5, 5.41) is 11.6. The SMILES string of the molecule is Cc1nc(C(=O)N2CC[C@](O)(c3ccccc3)[C@H]3CCCC[C@H]32)c(C)o1. The predicted octanol–water partition coefficient (Wildman–Crippen LogP) is 3.58. The second-order valence-electron chi connectivity index (χ2n) is 7.63. The summed E-state index contributed by atoms with van der Waals surface area (Å²) >= 11 is 0. The summed E-state index contributed by atoms with van der Waals surface area (Å²) < 4.78 is 5.46. The summed E-state index contributed by atoms with van der Waals surface area (Å²) in [6, 6.07) is 9.99. The van der Waals surface area contributed by atoms with Gasteiger partial charge in [-0.15, -0.1) is 0 Å². The molecule has 1 saturated heterocycles. The highest BCUT2D eigenvalue weighted by molar-refractivity contribution is 5.93. The predicted molar refractivity (Wildman–Crippen MR) is 97.7 cm³/mol. The average Bonchev–Trinajstić information content (AvgIpc) is 3.01. The minimum absolute atomic E-state index is 0.0478. The van der Waals surface area contributed by atoms with Gasteiger partial charge in [0.05, 0.1) is 5.60 Å². The first-order chi connectivity index (χ1) is 12.5. The number of rotatable bonds is 2. The number of benzene rings is 1. The minimum Gasteiger partial charge on any atom is -0.445 e. The Balaban J connectivity index is 1.67. The van der Waals surface area contributed by atoms with Gasteiger partial charge < -0.3 is 14.4 Å². The van der Waals surface area contributed by atoms with E-state index in [0.29, 0.717) is 30.3 Å². The Morgan fingerprint density at radius 1 is 1.23 bits per heavy atom. The Kier molecular flexibility index (Phi) is 4.35. The Labute approximate surface area is 154 Å². The van der Waals surface area contributed by atoms with E-state index in [0.717, 1.165) is 31.2 Å². The summed E-state index contributed by atoms with van der Waals surface area (Å²) in [5.41, 5.74) is 0.521. The molecule has 5 nitrogen and oxygen atoms in total. The Hall–Kier alpha value is -2.14. The number of oxazole rings is 1. The number of nitrogens with zero attached hydrogens (tertiary/aromatic N) is 2. The van der Waals surface area contributed by atoms with Crippen LogP contribution < -0.4 is 0 Å². The number of amides is 1. The van der Waals surface area contributed by atoms with Crippen LogP contribution in [-0.2, 0) is 5.60 Å². The second-order valence-corrected chi connectivity index (χ2v) is 7.63. The number of likely N-dealkylation sites (tertiary alicyclic amines) is 1. The molecule has 2 aliphatic rings. The summed E-state index contributed by atoms with van der Waals surface area (Å²) in [6.07, 6.45) is 4.62. The zero-order chi connectivity index (χ0) is 18.3. The average molecular weight is 354 g/mol. The van der Waals surface area contributed by atoms with Crippen LogP contribution in [0.15, 0.2) is 34.7 Å². The van der Waals surface area contributed by atoms with Crippen LogP contribution in [0.2, 0.25) is 0 Å². The number of hydrogen-bond acceptors (Lipinski definition) is 4. The minimum atomic E-state index is -0.863. The fraction of sp³-hybridized carbons (Fsp3) is 0.524. The molecule has 138 valence electrons. The van der Waals surface area contributed by atoms with Crippen LogP contribution in [-0.4, -0.2) is 33.5 Å². The third-order valence-corrected chi connectivity index (χ3v) is 6.12. The molecule has 1 aliphatic carbocycles. The van der Waals surface area contributed by atoms with Crippen molar-refractivity contribution in [1.29, 1.82) is 0 Å². The highest BCUT2D eigenvalue weighted by atomic mass is 16.4. The van der Waals surface area contributed by atoms with Crippen molar-refractivity contribution in [2.24, 2.45) is 5.92 Å². The van der Waals surface area contributed by atoms with Gasteiger partial charge in [-0.25, -0.2) is 4.98 Å². The standard InChI is InChI=1S/C21H26N2O3/c1-14-19(22-15(2)26-14)20(24)23-13-12-21(25,16-8-4-3-5-9-16)17-10-6-7-11-18(17)23/h3-5,8-9,17-18,25H,6-7,10-13H2,1-2H3/t17-,18+,21-/m0/s1. The number of aryl methyl sites for hydroxylation is 2. The normalized spacial score (nSPS) is 28.7. The first kappa shape index (κ1) is 17.3. The maximum atomic E-state index is 13.2. The van der Waals surface area contributed by atoms with E-state index in [2.05, 4.69) is 4.98 Å². The van der Waals surface area contributed by atoms with Gasteiger partial charge in [0.15, 0.2) is 11.6 Å². The van der Waals surface area contributed by atoms with Crippen molar-refractivity contribution < 1.29 is 14.3 Å². The number of aromatic nitrogens is 1. The fourth-order valence-electron chi connectivity index (χ4n) is 4.88. The van der Waals surface area contributed by atoms with Gasteiger partial charge in [0.25, 0.3) is 5.91 Å². The van der Waals surface area contributed by atoms with E-state index in [1.165, 1.54) is 0 Å². The molecule has 1 aliphatic heterocycles. The third kappa shape index (κ3) is 2.75. The number of piperidine rings is 1. The van der Waals surface area contributed by atoms with Crippen molar-refractivity contribution >= 4 is 5.91 Å². The van der Waals surface area contributed by atoms with E-state index >= 15 is 0 Å². The molecule has 0 bridgehead atoms. The summed E-state index contributed by atoms with van der Waals surface area (Å²) in [6.45, 7) is 4.09. The molecule has 2 aromatic rings. The lowest BCUT2D eigenvalue weighted by atomic mass is 9.66. The summed E-state index contributed by atoms with van der Waals surface area (Å²) in [4.78, 5) is 19.4. The quantitative estimate of drug-likeness (QED) is 0.895. The van der Waals surface area contributed by atoms with Crippen molar-refractivity contribution in [3.8, 4) is 0 Å². The van der Waals surface area contributed by atoms with Crippen molar-refractivity contribution in [2.45, 2.75) is 57.6 Å². The van der Waals surface area contributed by atoms with Gasteiger partial charge in [-0.3, -0.25) is 4.79 Å². The van der Waals surface area contributed by atoms with Gasteiger partial charge in [0, 0.05) is 25.4 Å². The lowest BCUT2D eigenvalue weighted by Gasteiger charge is -2.52. The van der Waals surface area contributed by atoms with Crippen molar-refractivity contribution in [1.82, 2.24) is 9.88 Å². The first-order valence-electron chi connectivity index (χ1n) is 9.53. The second kappa shape index (κ2) is 6.54. The smallest absolute Gasteiger partial charge is 0.276 e. The van der Waals surface area contributed by atoms with Gasteiger partial charge in [-0.1, -0.05) is 43.2 Å². The molecule has 5 heteroatoms.